The Balaban J connectivity index is 2.94. The highest BCUT2D eigenvalue weighted by atomic mass is 35.5. The zero-order valence-electron chi connectivity index (χ0n) is 9.20. The molecule has 0 aromatic heterocycles. The highest BCUT2D eigenvalue weighted by Gasteiger charge is 2.27. The number of methoxy groups -OCH3 is 1. The fourth-order valence-electron chi connectivity index (χ4n) is 1.10. The van der Waals surface area contributed by atoms with Gasteiger partial charge < -0.3 is 9.47 Å². The molecule has 0 N–H and O–H groups in total. The lowest BCUT2D eigenvalue weighted by Gasteiger charge is -2.15. The third-order valence-electron chi connectivity index (χ3n) is 1.92. The average molecular weight is 277 g/mol. The second kappa shape index (κ2) is 5.89. The Morgan fingerprint density at radius 3 is 2.41 bits per heavy atom. The van der Waals surface area contributed by atoms with Crippen molar-refractivity contribution in [1.82, 2.24) is 0 Å². The van der Waals surface area contributed by atoms with Gasteiger partial charge >= 0.3 is 5.97 Å². The summed E-state index contributed by atoms with van der Waals surface area (Å²) >= 11 is 11.6. The van der Waals surface area contributed by atoms with Crippen LogP contribution in [0.3, 0.4) is 0 Å². The van der Waals surface area contributed by atoms with Gasteiger partial charge in [-0.15, -0.1) is 0 Å². The van der Waals surface area contributed by atoms with Gasteiger partial charge in [-0.25, -0.2) is 4.79 Å². The Bertz CT molecular complexity index is 445. The molecule has 0 radical (unpaired) electrons. The summed E-state index contributed by atoms with van der Waals surface area (Å²) in [5.41, 5.74) is 0. The van der Waals surface area contributed by atoms with E-state index in [1.54, 1.807) is 0 Å². The summed E-state index contributed by atoms with van der Waals surface area (Å²) in [6, 6.07) is 4.47. The van der Waals surface area contributed by atoms with Crippen molar-refractivity contribution in [2.45, 2.75) is 13.0 Å². The highest BCUT2D eigenvalue weighted by molar-refractivity contribution is 6.35. The molecule has 0 saturated heterocycles. The maximum absolute atomic E-state index is 11.3. The largest absolute Gasteiger partial charge is 0.469 e. The van der Waals surface area contributed by atoms with Crippen molar-refractivity contribution in [2.75, 3.05) is 7.11 Å². The number of hydrogen-bond acceptors (Lipinski definition) is 4. The monoisotopic (exact) mass is 276 g/mol. The van der Waals surface area contributed by atoms with Gasteiger partial charge in [-0.3, -0.25) is 4.79 Å². The highest BCUT2D eigenvalue weighted by Crippen LogP contribution is 2.28. The van der Waals surface area contributed by atoms with E-state index in [9.17, 15) is 9.59 Å². The summed E-state index contributed by atoms with van der Waals surface area (Å²) in [6.45, 7) is 1.23. The van der Waals surface area contributed by atoms with Gasteiger partial charge in [0, 0.05) is 5.02 Å². The summed E-state index contributed by atoms with van der Waals surface area (Å²) in [5.74, 6) is -1.05. The molecule has 0 spiro atoms. The molecule has 1 atom stereocenters. The third kappa shape index (κ3) is 3.61. The first-order valence-electron chi connectivity index (χ1n) is 4.65. The van der Waals surface area contributed by atoms with Crippen LogP contribution in [0.2, 0.25) is 10.0 Å². The van der Waals surface area contributed by atoms with Crippen LogP contribution in [-0.4, -0.2) is 25.0 Å². The smallest absolute Gasteiger partial charge is 0.354 e. The number of carbonyl (C=O) groups is 2. The summed E-state index contributed by atoms with van der Waals surface area (Å²) in [6.07, 6.45) is -1.32. The molecular formula is C11H10Cl2O4. The number of carbonyl (C=O) groups excluding carboxylic acids is 2. The number of hydrogen-bond donors (Lipinski definition) is 0. The molecule has 4 nitrogen and oxygen atoms in total. The van der Waals surface area contributed by atoms with Crippen molar-refractivity contribution in [3.8, 4) is 5.75 Å². The van der Waals surface area contributed by atoms with Crippen LogP contribution < -0.4 is 4.74 Å². The van der Waals surface area contributed by atoms with E-state index in [2.05, 4.69) is 4.74 Å². The minimum absolute atomic E-state index is 0.196. The molecule has 0 amide bonds. The molecular weight excluding hydrogens is 267 g/mol. The van der Waals surface area contributed by atoms with Gasteiger partial charge in [0.15, 0.2) is 5.78 Å². The van der Waals surface area contributed by atoms with E-state index in [0.717, 1.165) is 0 Å². The molecule has 0 fully saturated rings. The van der Waals surface area contributed by atoms with Crippen molar-refractivity contribution in [3.63, 3.8) is 0 Å². The molecule has 0 heterocycles. The molecule has 0 bridgehead atoms. The molecule has 1 aromatic rings. The van der Waals surface area contributed by atoms with Gasteiger partial charge in [0.1, 0.15) is 5.75 Å². The maximum atomic E-state index is 11.3. The second-order valence-corrected chi connectivity index (χ2v) is 4.05. The van der Waals surface area contributed by atoms with Crippen molar-refractivity contribution in [3.05, 3.63) is 28.2 Å². The van der Waals surface area contributed by atoms with E-state index >= 15 is 0 Å². The zero-order valence-corrected chi connectivity index (χ0v) is 10.7. The Morgan fingerprint density at radius 1 is 1.29 bits per heavy atom. The molecule has 0 aliphatic carbocycles. The Kier molecular flexibility index (Phi) is 4.78. The molecule has 17 heavy (non-hydrogen) atoms. The predicted molar refractivity (Wildman–Crippen MR) is 63.6 cm³/mol. The first-order valence-corrected chi connectivity index (χ1v) is 5.41. The van der Waals surface area contributed by atoms with Crippen LogP contribution in [0, 0.1) is 0 Å². The van der Waals surface area contributed by atoms with E-state index in [1.165, 1.54) is 32.2 Å². The topological polar surface area (TPSA) is 52.6 Å². The van der Waals surface area contributed by atoms with Gasteiger partial charge in [0.2, 0.25) is 0 Å². The van der Waals surface area contributed by atoms with Gasteiger partial charge in [0.25, 0.3) is 6.10 Å². The number of esters is 1. The van der Waals surface area contributed by atoms with Crippen LogP contribution in [0.1, 0.15) is 6.92 Å². The number of halogens is 2. The first kappa shape index (κ1) is 13.8. The third-order valence-corrected chi connectivity index (χ3v) is 2.45. The lowest BCUT2D eigenvalue weighted by Crippen LogP contribution is -2.35. The standard InChI is InChI=1S/C11H10Cl2O4/c1-6(14)10(11(15)16-2)17-9-4-3-7(12)5-8(9)13/h3-5,10H,1-2H3. The Labute approximate surface area is 108 Å². The van der Waals surface area contributed by atoms with Gasteiger partial charge in [-0.05, 0) is 25.1 Å². The average Bonchev–Trinajstić information content (AvgIpc) is 2.26. The molecule has 0 saturated carbocycles. The van der Waals surface area contributed by atoms with Crippen molar-refractivity contribution in [1.29, 1.82) is 0 Å². The summed E-state index contributed by atoms with van der Waals surface area (Å²) in [5, 5.41) is 0.646. The predicted octanol–water partition coefficient (Wildman–Crippen LogP) is 2.50. The summed E-state index contributed by atoms with van der Waals surface area (Å²) < 4.78 is 9.66. The fourth-order valence-corrected chi connectivity index (χ4v) is 1.55. The second-order valence-electron chi connectivity index (χ2n) is 3.21. The van der Waals surface area contributed by atoms with E-state index in [4.69, 9.17) is 27.9 Å². The van der Waals surface area contributed by atoms with Crippen molar-refractivity contribution < 1.29 is 19.1 Å². The quantitative estimate of drug-likeness (QED) is 0.626. The number of Topliss-reactive ketones (excluding diaryl/α,β-unsaturated/α-hetero) is 1. The summed E-state index contributed by atoms with van der Waals surface area (Å²) in [7, 11) is 1.17. The fraction of sp³-hybridized carbons (Fsp3) is 0.273. The van der Waals surface area contributed by atoms with Gasteiger partial charge in [0.05, 0.1) is 12.1 Å². The summed E-state index contributed by atoms with van der Waals surface area (Å²) in [4.78, 5) is 22.5. The minimum atomic E-state index is -1.32. The van der Waals surface area contributed by atoms with Crippen LogP contribution in [0.4, 0.5) is 0 Å². The van der Waals surface area contributed by atoms with Crippen LogP contribution >= 0.6 is 23.2 Å². The molecule has 0 aliphatic heterocycles. The minimum Gasteiger partial charge on any atom is -0.469 e. The molecule has 0 aliphatic rings. The lowest BCUT2D eigenvalue weighted by molar-refractivity contribution is -0.152. The number of rotatable bonds is 4. The molecule has 1 aromatic carbocycles. The van der Waals surface area contributed by atoms with Gasteiger partial charge in [-0.1, -0.05) is 23.2 Å². The molecule has 92 valence electrons. The van der Waals surface area contributed by atoms with Crippen molar-refractivity contribution in [2.24, 2.45) is 0 Å². The maximum Gasteiger partial charge on any atom is 0.354 e. The first-order chi connectivity index (χ1) is 7.95. The molecule has 1 rings (SSSR count). The zero-order chi connectivity index (χ0) is 13.0. The SMILES string of the molecule is COC(=O)C(Oc1ccc(Cl)cc1Cl)C(C)=O. The van der Waals surface area contributed by atoms with Crippen LogP contribution in [-0.2, 0) is 14.3 Å². The number of ether oxygens (including phenoxy) is 2. The van der Waals surface area contributed by atoms with E-state index in [0.29, 0.717) is 5.02 Å². The number of ketones is 1. The van der Waals surface area contributed by atoms with Gasteiger partial charge in [-0.2, -0.15) is 0 Å². The van der Waals surface area contributed by atoms with Crippen molar-refractivity contribution >= 4 is 35.0 Å². The van der Waals surface area contributed by atoms with E-state index < -0.39 is 17.9 Å². The molecule has 6 heteroatoms. The Morgan fingerprint density at radius 2 is 1.94 bits per heavy atom. The normalized spacial score (nSPS) is 11.8. The number of benzene rings is 1. The molecule has 1 unspecified atom stereocenters. The van der Waals surface area contributed by atoms with E-state index in [-0.39, 0.29) is 10.8 Å². The lowest BCUT2D eigenvalue weighted by atomic mass is 10.2. The van der Waals surface area contributed by atoms with Crippen LogP contribution in [0.5, 0.6) is 5.75 Å². The van der Waals surface area contributed by atoms with Crippen LogP contribution in [0.15, 0.2) is 18.2 Å². The van der Waals surface area contributed by atoms with E-state index in [1.807, 2.05) is 0 Å². The Hall–Kier alpha value is -1.26. The van der Waals surface area contributed by atoms with Crippen LogP contribution in [0.25, 0.3) is 0 Å².